The summed E-state index contributed by atoms with van der Waals surface area (Å²) < 4.78 is 10.8. The van der Waals surface area contributed by atoms with E-state index in [2.05, 4.69) is 10.2 Å². The predicted molar refractivity (Wildman–Crippen MR) is 112 cm³/mol. The summed E-state index contributed by atoms with van der Waals surface area (Å²) >= 11 is 5.99. The van der Waals surface area contributed by atoms with Crippen LogP contribution in [0.25, 0.3) is 0 Å². The summed E-state index contributed by atoms with van der Waals surface area (Å²) in [4.78, 5) is 26.3. The molecule has 1 amide bonds. The van der Waals surface area contributed by atoms with Gasteiger partial charge in [-0.15, -0.1) is 0 Å². The number of halogens is 1. The minimum Gasteiger partial charge on any atom is -0.492 e. The minimum atomic E-state index is -0.437. The first-order chi connectivity index (χ1) is 14.0. The average Bonchev–Trinajstić information content (AvgIpc) is 2.74. The van der Waals surface area contributed by atoms with Crippen molar-refractivity contribution < 1.29 is 19.1 Å². The number of anilines is 1. The molecular formula is C22H25ClN2O4. The number of amides is 1. The lowest BCUT2D eigenvalue weighted by molar-refractivity contribution is -0.153. The van der Waals surface area contributed by atoms with E-state index in [9.17, 15) is 9.59 Å². The summed E-state index contributed by atoms with van der Waals surface area (Å²) in [5.74, 6) is -0.444. The lowest BCUT2D eigenvalue weighted by Gasteiger charge is -2.24. The summed E-state index contributed by atoms with van der Waals surface area (Å²) in [6, 6.07) is 15.4. The SMILES string of the molecule is CN(CCCNC(=O)COC(=O)[C@@H]1COc2ccc(Cl)cc2C1)c1ccccc1. The van der Waals surface area contributed by atoms with Gasteiger partial charge >= 0.3 is 5.97 Å². The maximum absolute atomic E-state index is 12.3. The van der Waals surface area contributed by atoms with Gasteiger partial charge in [-0.1, -0.05) is 29.8 Å². The van der Waals surface area contributed by atoms with Gasteiger partial charge in [0.25, 0.3) is 5.91 Å². The number of para-hydroxylation sites is 1. The smallest absolute Gasteiger partial charge is 0.313 e. The highest BCUT2D eigenvalue weighted by atomic mass is 35.5. The Labute approximate surface area is 175 Å². The van der Waals surface area contributed by atoms with Gasteiger partial charge in [-0.25, -0.2) is 0 Å². The second-order valence-electron chi connectivity index (χ2n) is 7.03. The summed E-state index contributed by atoms with van der Waals surface area (Å²) in [6.07, 6.45) is 1.28. The Balaban J connectivity index is 1.34. The van der Waals surface area contributed by atoms with Crippen LogP contribution in [0.4, 0.5) is 5.69 Å². The van der Waals surface area contributed by atoms with Crippen molar-refractivity contribution in [1.29, 1.82) is 0 Å². The van der Waals surface area contributed by atoms with E-state index in [0.717, 1.165) is 30.0 Å². The van der Waals surface area contributed by atoms with E-state index < -0.39 is 11.9 Å². The summed E-state index contributed by atoms with van der Waals surface area (Å²) in [5.41, 5.74) is 2.00. The van der Waals surface area contributed by atoms with Gasteiger partial charge in [-0.05, 0) is 48.7 Å². The molecule has 29 heavy (non-hydrogen) atoms. The van der Waals surface area contributed by atoms with Crippen LogP contribution in [-0.4, -0.2) is 45.2 Å². The molecule has 0 aliphatic carbocycles. The number of hydrogen-bond donors (Lipinski definition) is 1. The number of rotatable bonds is 8. The van der Waals surface area contributed by atoms with Gasteiger partial charge in [-0.3, -0.25) is 9.59 Å². The molecule has 1 N–H and O–H groups in total. The van der Waals surface area contributed by atoms with Gasteiger partial charge < -0.3 is 19.7 Å². The van der Waals surface area contributed by atoms with Crippen molar-refractivity contribution in [2.24, 2.45) is 5.92 Å². The summed E-state index contributed by atoms with van der Waals surface area (Å²) in [5, 5.41) is 3.38. The fraction of sp³-hybridized carbons (Fsp3) is 0.364. The van der Waals surface area contributed by atoms with Crippen LogP contribution in [0.1, 0.15) is 12.0 Å². The molecule has 0 spiro atoms. The fourth-order valence-corrected chi connectivity index (χ4v) is 3.37. The maximum atomic E-state index is 12.3. The lowest BCUT2D eigenvalue weighted by Crippen LogP contribution is -2.35. The van der Waals surface area contributed by atoms with E-state index in [4.69, 9.17) is 21.1 Å². The molecule has 1 aliphatic heterocycles. The fourth-order valence-electron chi connectivity index (χ4n) is 3.18. The molecule has 0 bridgehead atoms. The Hall–Kier alpha value is -2.73. The Bertz CT molecular complexity index is 844. The van der Waals surface area contributed by atoms with Crippen molar-refractivity contribution in [2.75, 3.05) is 38.3 Å². The van der Waals surface area contributed by atoms with Crippen molar-refractivity contribution >= 4 is 29.2 Å². The first-order valence-electron chi connectivity index (χ1n) is 9.63. The quantitative estimate of drug-likeness (QED) is 0.529. The van der Waals surface area contributed by atoms with E-state index in [0.29, 0.717) is 18.0 Å². The van der Waals surface area contributed by atoms with E-state index in [1.54, 1.807) is 18.2 Å². The summed E-state index contributed by atoms with van der Waals surface area (Å²) in [6.45, 7) is 1.28. The van der Waals surface area contributed by atoms with E-state index in [1.807, 2.05) is 37.4 Å². The average molecular weight is 417 g/mol. The maximum Gasteiger partial charge on any atom is 0.313 e. The molecule has 6 nitrogen and oxygen atoms in total. The van der Waals surface area contributed by atoms with Gasteiger partial charge in [0.1, 0.15) is 12.4 Å². The Morgan fingerprint density at radius 3 is 2.83 bits per heavy atom. The van der Waals surface area contributed by atoms with Gasteiger partial charge in [0.05, 0.1) is 5.92 Å². The molecule has 1 heterocycles. The molecule has 3 rings (SSSR count). The van der Waals surface area contributed by atoms with Crippen LogP contribution in [0.5, 0.6) is 5.75 Å². The molecule has 2 aromatic rings. The van der Waals surface area contributed by atoms with Gasteiger partial charge in [-0.2, -0.15) is 0 Å². The normalized spacial score (nSPS) is 15.0. The molecule has 1 aliphatic rings. The largest absolute Gasteiger partial charge is 0.492 e. The Morgan fingerprint density at radius 2 is 2.03 bits per heavy atom. The van der Waals surface area contributed by atoms with Crippen LogP contribution in [0.15, 0.2) is 48.5 Å². The molecule has 0 saturated carbocycles. The third-order valence-electron chi connectivity index (χ3n) is 4.80. The monoisotopic (exact) mass is 416 g/mol. The molecule has 0 aromatic heterocycles. The van der Waals surface area contributed by atoms with Gasteiger partial charge in [0, 0.05) is 30.8 Å². The zero-order valence-corrected chi connectivity index (χ0v) is 17.2. The van der Waals surface area contributed by atoms with E-state index in [1.165, 1.54) is 0 Å². The first-order valence-corrected chi connectivity index (χ1v) is 10.0. The number of ether oxygens (including phenoxy) is 2. The van der Waals surface area contributed by atoms with Crippen molar-refractivity contribution in [3.63, 3.8) is 0 Å². The highest BCUT2D eigenvalue weighted by Crippen LogP contribution is 2.30. The molecule has 2 aromatic carbocycles. The number of fused-ring (bicyclic) bond motifs is 1. The molecule has 0 saturated heterocycles. The van der Waals surface area contributed by atoms with Crippen LogP contribution < -0.4 is 15.0 Å². The van der Waals surface area contributed by atoms with Crippen LogP contribution in [0, 0.1) is 5.92 Å². The van der Waals surface area contributed by atoms with Crippen molar-refractivity contribution in [1.82, 2.24) is 5.32 Å². The molecule has 1 atom stereocenters. The minimum absolute atomic E-state index is 0.237. The van der Waals surface area contributed by atoms with Crippen molar-refractivity contribution in [3.05, 3.63) is 59.1 Å². The van der Waals surface area contributed by atoms with E-state index >= 15 is 0 Å². The number of nitrogens with zero attached hydrogens (tertiary/aromatic N) is 1. The molecule has 0 fully saturated rings. The zero-order valence-electron chi connectivity index (χ0n) is 16.4. The number of benzene rings is 2. The van der Waals surface area contributed by atoms with Crippen molar-refractivity contribution in [2.45, 2.75) is 12.8 Å². The van der Waals surface area contributed by atoms with E-state index in [-0.39, 0.29) is 19.1 Å². The molecule has 7 heteroatoms. The van der Waals surface area contributed by atoms with Gasteiger partial charge in [0.2, 0.25) is 0 Å². The number of nitrogens with one attached hydrogen (secondary N) is 1. The third kappa shape index (κ3) is 6.12. The molecule has 0 unspecified atom stereocenters. The lowest BCUT2D eigenvalue weighted by atomic mass is 9.97. The number of esters is 1. The summed E-state index contributed by atoms with van der Waals surface area (Å²) in [7, 11) is 2.01. The molecular weight excluding hydrogens is 392 g/mol. The first kappa shape index (κ1) is 21.0. The predicted octanol–water partition coefficient (Wildman–Crippen LogP) is 3.08. The molecule has 154 valence electrons. The van der Waals surface area contributed by atoms with Crippen LogP contribution in [-0.2, 0) is 20.7 Å². The third-order valence-corrected chi connectivity index (χ3v) is 5.03. The Kier molecular flexibility index (Phi) is 7.36. The van der Waals surface area contributed by atoms with Crippen LogP contribution in [0.2, 0.25) is 5.02 Å². The highest BCUT2D eigenvalue weighted by molar-refractivity contribution is 6.30. The van der Waals surface area contributed by atoms with Crippen LogP contribution in [0.3, 0.4) is 0 Å². The second kappa shape index (κ2) is 10.2. The van der Waals surface area contributed by atoms with Crippen LogP contribution >= 0.6 is 11.6 Å². The van der Waals surface area contributed by atoms with Gasteiger partial charge in [0.15, 0.2) is 6.61 Å². The number of hydrogen-bond acceptors (Lipinski definition) is 5. The molecule has 0 radical (unpaired) electrons. The zero-order chi connectivity index (χ0) is 20.6. The Morgan fingerprint density at radius 1 is 1.24 bits per heavy atom. The topological polar surface area (TPSA) is 67.9 Å². The van der Waals surface area contributed by atoms with Crippen molar-refractivity contribution in [3.8, 4) is 5.75 Å². The highest BCUT2D eigenvalue weighted by Gasteiger charge is 2.27. The number of carbonyl (C=O) groups is 2. The number of carbonyl (C=O) groups excluding carboxylic acids is 2. The second-order valence-corrected chi connectivity index (χ2v) is 7.47. The standard InChI is InChI=1S/C22H25ClN2O4/c1-25(19-6-3-2-4-7-19)11-5-10-24-21(26)15-29-22(27)17-12-16-13-18(23)8-9-20(16)28-14-17/h2-4,6-9,13,17H,5,10-12,14-15H2,1H3,(H,24,26)/t17-/m0/s1.